The van der Waals surface area contributed by atoms with Crippen LogP contribution in [0.1, 0.15) is 28.8 Å². The summed E-state index contributed by atoms with van der Waals surface area (Å²) >= 11 is 0. The molecule has 0 spiro atoms. The van der Waals surface area contributed by atoms with Crippen LogP contribution < -0.4 is 5.73 Å². The number of nitrogens with zero attached hydrogens (tertiary/aromatic N) is 2. The van der Waals surface area contributed by atoms with Gasteiger partial charge in [-0.2, -0.15) is 0 Å². The molecule has 1 aliphatic heterocycles. The number of benzene rings is 1. The number of likely N-dealkylation sites (tertiary alicyclic amines) is 1. The van der Waals surface area contributed by atoms with E-state index in [0.29, 0.717) is 12.5 Å². The second-order valence-corrected chi connectivity index (χ2v) is 5.90. The first-order valence-corrected chi connectivity index (χ1v) is 7.33. The largest absolute Gasteiger partial charge is 0.339 e. The molecule has 1 aromatic carbocycles. The van der Waals surface area contributed by atoms with Crippen molar-refractivity contribution in [2.24, 2.45) is 11.7 Å². The number of carbonyl (C=O) groups is 1. The fourth-order valence-electron chi connectivity index (χ4n) is 2.85. The Kier molecular flexibility index (Phi) is 5.15. The number of hydrogen-bond donors (Lipinski definition) is 1. The second kappa shape index (κ2) is 6.86. The normalized spacial score (nSPS) is 16.7. The fourth-order valence-corrected chi connectivity index (χ4v) is 2.85. The Bertz CT molecular complexity index is 451. The molecule has 0 bridgehead atoms. The first kappa shape index (κ1) is 15.0. The van der Waals surface area contributed by atoms with Gasteiger partial charge >= 0.3 is 0 Å². The van der Waals surface area contributed by atoms with Crippen LogP contribution in [0.15, 0.2) is 24.3 Å². The van der Waals surface area contributed by atoms with Gasteiger partial charge in [0, 0.05) is 31.7 Å². The van der Waals surface area contributed by atoms with E-state index in [-0.39, 0.29) is 5.91 Å². The Morgan fingerprint density at radius 3 is 2.65 bits per heavy atom. The van der Waals surface area contributed by atoms with Crippen molar-refractivity contribution in [2.75, 3.05) is 33.7 Å². The maximum absolute atomic E-state index is 12.5. The van der Waals surface area contributed by atoms with E-state index in [1.54, 1.807) is 0 Å². The number of nitrogens with two attached hydrogens (primary N) is 1. The van der Waals surface area contributed by atoms with Crippen LogP contribution in [-0.4, -0.2) is 49.4 Å². The molecule has 110 valence electrons. The lowest BCUT2D eigenvalue weighted by atomic mass is 9.96. The highest BCUT2D eigenvalue weighted by Crippen LogP contribution is 2.19. The van der Waals surface area contributed by atoms with Crippen molar-refractivity contribution >= 4 is 5.91 Å². The molecule has 0 saturated carbocycles. The summed E-state index contributed by atoms with van der Waals surface area (Å²) in [5.41, 5.74) is 7.41. The summed E-state index contributed by atoms with van der Waals surface area (Å²) in [5.74, 6) is 0.855. The first-order valence-electron chi connectivity index (χ1n) is 7.33. The summed E-state index contributed by atoms with van der Waals surface area (Å²) in [4.78, 5) is 16.7. The van der Waals surface area contributed by atoms with Gasteiger partial charge in [-0.05, 0) is 50.6 Å². The van der Waals surface area contributed by atoms with Crippen molar-refractivity contribution in [2.45, 2.75) is 19.4 Å². The Hall–Kier alpha value is -1.39. The van der Waals surface area contributed by atoms with Gasteiger partial charge in [-0.1, -0.05) is 12.1 Å². The van der Waals surface area contributed by atoms with Crippen LogP contribution >= 0.6 is 0 Å². The first-order chi connectivity index (χ1) is 9.60. The van der Waals surface area contributed by atoms with Crippen LogP contribution in [0.3, 0.4) is 0 Å². The molecule has 0 aliphatic carbocycles. The highest BCUT2D eigenvalue weighted by Gasteiger charge is 2.23. The quantitative estimate of drug-likeness (QED) is 0.907. The number of piperidine rings is 1. The molecule has 4 nitrogen and oxygen atoms in total. The summed E-state index contributed by atoms with van der Waals surface area (Å²) in [6.07, 6.45) is 2.20. The van der Waals surface area contributed by atoms with E-state index in [0.717, 1.165) is 43.6 Å². The Morgan fingerprint density at radius 2 is 2.05 bits per heavy atom. The lowest BCUT2D eigenvalue weighted by molar-refractivity contribution is 0.0678. The Labute approximate surface area is 121 Å². The zero-order valence-corrected chi connectivity index (χ0v) is 12.5. The maximum Gasteiger partial charge on any atom is 0.253 e. The Morgan fingerprint density at radius 1 is 1.35 bits per heavy atom. The van der Waals surface area contributed by atoms with E-state index in [9.17, 15) is 4.79 Å². The minimum absolute atomic E-state index is 0.142. The van der Waals surface area contributed by atoms with Gasteiger partial charge in [0.05, 0.1) is 0 Å². The molecule has 2 N–H and O–H groups in total. The van der Waals surface area contributed by atoms with Gasteiger partial charge in [-0.25, -0.2) is 0 Å². The zero-order chi connectivity index (χ0) is 14.5. The lowest BCUT2D eigenvalue weighted by Gasteiger charge is -2.33. The third-order valence-electron chi connectivity index (χ3n) is 3.93. The summed E-state index contributed by atoms with van der Waals surface area (Å²) in [6, 6.07) is 7.66. The van der Waals surface area contributed by atoms with Crippen LogP contribution in [-0.2, 0) is 6.54 Å². The lowest BCUT2D eigenvalue weighted by Crippen LogP contribution is -2.40. The van der Waals surface area contributed by atoms with Gasteiger partial charge in [-0.3, -0.25) is 4.79 Å². The molecule has 1 amide bonds. The second-order valence-electron chi connectivity index (χ2n) is 5.90. The zero-order valence-electron chi connectivity index (χ0n) is 12.5. The van der Waals surface area contributed by atoms with Crippen LogP contribution in [0.4, 0.5) is 0 Å². The number of rotatable bonds is 4. The van der Waals surface area contributed by atoms with Crippen molar-refractivity contribution in [1.82, 2.24) is 9.80 Å². The monoisotopic (exact) mass is 275 g/mol. The van der Waals surface area contributed by atoms with Crippen molar-refractivity contribution < 1.29 is 4.79 Å². The number of carbonyl (C=O) groups excluding carboxylic acids is 1. The molecule has 1 fully saturated rings. The average Bonchev–Trinajstić information content (AvgIpc) is 2.47. The standard InChI is InChI=1S/C16H25N3O/c1-18(2)12-13-6-8-19(9-7-13)16(20)15-5-3-4-14(10-15)11-17/h3-5,10,13H,6-9,11-12,17H2,1-2H3. The molecule has 4 heteroatoms. The third-order valence-corrected chi connectivity index (χ3v) is 3.93. The topological polar surface area (TPSA) is 49.6 Å². The molecule has 20 heavy (non-hydrogen) atoms. The predicted molar refractivity (Wildman–Crippen MR) is 81.5 cm³/mol. The summed E-state index contributed by atoms with van der Waals surface area (Å²) in [6.45, 7) is 3.32. The van der Waals surface area contributed by atoms with Crippen LogP contribution in [0.5, 0.6) is 0 Å². The minimum Gasteiger partial charge on any atom is -0.339 e. The van der Waals surface area contributed by atoms with Crippen molar-refractivity contribution in [3.63, 3.8) is 0 Å². The van der Waals surface area contributed by atoms with Crippen LogP contribution in [0.2, 0.25) is 0 Å². The van der Waals surface area contributed by atoms with E-state index < -0.39 is 0 Å². The van der Waals surface area contributed by atoms with Gasteiger partial charge < -0.3 is 15.5 Å². The molecule has 0 unspecified atom stereocenters. The molecule has 0 aromatic heterocycles. The molecule has 2 rings (SSSR count). The highest BCUT2D eigenvalue weighted by molar-refractivity contribution is 5.94. The third kappa shape index (κ3) is 3.81. The molecule has 1 aliphatic rings. The molecular formula is C16H25N3O. The van der Waals surface area contributed by atoms with E-state index in [2.05, 4.69) is 19.0 Å². The van der Waals surface area contributed by atoms with Gasteiger partial charge in [0.1, 0.15) is 0 Å². The SMILES string of the molecule is CN(C)CC1CCN(C(=O)c2cccc(CN)c2)CC1. The Balaban J connectivity index is 1.94. The van der Waals surface area contributed by atoms with E-state index in [1.807, 2.05) is 29.2 Å². The van der Waals surface area contributed by atoms with Gasteiger partial charge in [-0.15, -0.1) is 0 Å². The van der Waals surface area contributed by atoms with Crippen molar-refractivity contribution in [3.05, 3.63) is 35.4 Å². The van der Waals surface area contributed by atoms with Gasteiger partial charge in [0.25, 0.3) is 5.91 Å². The van der Waals surface area contributed by atoms with Gasteiger partial charge in [0.2, 0.25) is 0 Å². The molecule has 1 aromatic rings. The molecule has 1 heterocycles. The fraction of sp³-hybridized carbons (Fsp3) is 0.562. The summed E-state index contributed by atoms with van der Waals surface area (Å²) in [5, 5.41) is 0. The van der Waals surface area contributed by atoms with Crippen LogP contribution in [0, 0.1) is 5.92 Å². The van der Waals surface area contributed by atoms with Gasteiger partial charge in [0.15, 0.2) is 0 Å². The van der Waals surface area contributed by atoms with E-state index >= 15 is 0 Å². The average molecular weight is 275 g/mol. The van der Waals surface area contributed by atoms with E-state index in [1.165, 1.54) is 0 Å². The van der Waals surface area contributed by atoms with Crippen molar-refractivity contribution in [1.29, 1.82) is 0 Å². The number of hydrogen-bond acceptors (Lipinski definition) is 3. The van der Waals surface area contributed by atoms with Crippen LogP contribution in [0.25, 0.3) is 0 Å². The molecule has 1 saturated heterocycles. The smallest absolute Gasteiger partial charge is 0.253 e. The molecule has 0 radical (unpaired) electrons. The molecule has 0 atom stereocenters. The predicted octanol–water partition coefficient (Wildman–Crippen LogP) is 1.56. The highest BCUT2D eigenvalue weighted by atomic mass is 16.2. The van der Waals surface area contributed by atoms with E-state index in [4.69, 9.17) is 5.73 Å². The van der Waals surface area contributed by atoms with Crippen molar-refractivity contribution in [3.8, 4) is 0 Å². The summed E-state index contributed by atoms with van der Waals surface area (Å²) in [7, 11) is 4.21. The maximum atomic E-state index is 12.5. The molecular weight excluding hydrogens is 250 g/mol. The minimum atomic E-state index is 0.142. The summed E-state index contributed by atoms with van der Waals surface area (Å²) < 4.78 is 0. The number of amides is 1.